The Morgan fingerprint density at radius 2 is 2.12 bits per heavy atom. The highest BCUT2D eigenvalue weighted by atomic mass is 32.1. The van der Waals surface area contributed by atoms with E-state index < -0.39 is 5.60 Å². The van der Waals surface area contributed by atoms with Crippen LogP contribution >= 0.6 is 11.3 Å². The molecule has 7 nitrogen and oxygen atoms in total. The van der Waals surface area contributed by atoms with Gasteiger partial charge in [0.05, 0.1) is 0 Å². The van der Waals surface area contributed by atoms with Gasteiger partial charge in [-0.25, -0.2) is 19.3 Å². The van der Waals surface area contributed by atoms with Crippen molar-refractivity contribution < 1.29 is 9.53 Å². The summed E-state index contributed by atoms with van der Waals surface area (Å²) in [6.07, 6.45) is 2.23. The van der Waals surface area contributed by atoms with Crippen LogP contribution < -0.4 is 5.69 Å². The fourth-order valence-electron chi connectivity index (χ4n) is 3.00. The fourth-order valence-corrected chi connectivity index (χ4v) is 3.74. The summed E-state index contributed by atoms with van der Waals surface area (Å²) in [7, 11) is 0. The standard InChI is InChI=1S/C17H24N4O3S/c1-17(2,3)24-16(23)20-8-6-12(7-9-20)11-13-18-19-15(22)21(13)14-5-4-10-25-14/h4-5,10,12H,6-9,11H2,1-3H3,(H,19,22). The maximum Gasteiger partial charge on any atom is 0.410 e. The number of piperidine rings is 1. The van der Waals surface area contributed by atoms with Crippen molar-refractivity contribution in [2.24, 2.45) is 5.92 Å². The number of thiophene rings is 1. The smallest absolute Gasteiger partial charge is 0.410 e. The van der Waals surface area contributed by atoms with E-state index in [9.17, 15) is 9.59 Å². The molecule has 0 radical (unpaired) electrons. The highest BCUT2D eigenvalue weighted by molar-refractivity contribution is 7.12. The van der Waals surface area contributed by atoms with Crippen molar-refractivity contribution in [2.75, 3.05) is 13.1 Å². The Balaban J connectivity index is 1.60. The van der Waals surface area contributed by atoms with Crippen LogP contribution in [0.15, 0.2) is 22.3 Å². The van der Waals surface area contributed by atoms with Crippen molar-refractivity contribution in [1.29, 1.82) is 0 Å². The van der Waals surface area contributed by atoms with Gasteiger partial charge in [-0.3, -0.25) is 0 Å². The molecule has 3 rings (SSSR count). The van der Waals surface area contributed by atoms with Crippen LogP contribution in [0.3, 0.4) is 0 Å². The number of hydrogen-bond acceptors (Lipinski definition) is 5. The Morgan fingerprint density at radius 3 is 2.72 bits per heavy atom. The Kier molecular flexibility index (Phi) is 4.99. The molecule has 0 atom stereocenters. The lowest BCUT2D eigenvalue weighted by atomic mass is 9.93. The molecule has 0 saturated carbocycles. The second kappa shape index (κ2) is 7.03. The Bertz CT molecular complexity index is 765. The van der Waals surface area contributed by atoms with Crippen molar-refractivity contribution in [2.45, 2.75) is 45.6 Å². The van der Waals surface area contributed by atoms with E-state index in [4.69, 9.17) is 4.74 Å². The number of rotatable bonds is 3. The molecule has 1 fully saturated rings. The maximum absolute atomic E-state index is 12.1. The average Bonchev–Trinajstić information content (AvgIpc) is 3.16. The molecular weight excluding hydrogens is 340 g/mol. The monoisotopic (exact) mass is 364 g/mol. The number of nitrogens with one attached hydrogen (secondary N) is 1. The Hall–Kier alpha value is -2.09. The van der Waals surface area contributed by atoms with Gasteiger partial charge in [0, 0.05) is 19.5 Å². The largest absolute Gasteiger partial charge is 0.444 e. The van der Waals surface area contributed by atoms with Crippen molar-refractivity contribution in [1.82, 2.24) is 19.7 Å². The van der Waals surface area contributed by atoms with Crippen LogP contribution in [-0.2, 0) is 11.2 Å². The maximum atomic E-state index is 12.1. The summed E-state index contributed by atoms with van der Waals surface area (Å²) in [6, 6.07) is 3.83. The first-order valence-electron chi connectivity index (χ1n) is 8.51. The van der Waals surface area contributed by atoms with Crippen molar-refractivity contribution in [3.05, 3.63) is 33.8 Å². The molecule has 1 aliphatic rings. The predicted octanol–water partition coefficient (Wildman–Crippen LogP) is 2.81. The van der Waals surface area contributed by atoms with E-state index in [2.05, 4.69) is 10.2 Å². The summed E-state index contributed by atoms with van der Waals surface area (Å²) in [4.78, 5) is 25.9. The molecular formula is C17H24N4O3S. The van der Waals surface area contributed by atoms with Gasteiger partial charge in [-0.1, -0.05) is 0 Å². The number of carbonyl (C=O) groups is 1. The minimum Gasteiger partial charge on any atom is -0.444 e. The van der Waals surface area contributed by atoms with Gasteiger partial charge < -0.3 is 9.64 Å². The van der Waals surface area contributed by atoms with Crippen LogP contribution in [0.2, 0.25) is 0 Å². The highest BCUT2D eigenvalue weighted by Gasteiger charge is 2.28. The summed E-state index contributed by atoms with van der Waals surface area (Å²) in [6.45, 7) is 6.97. The van der Waals surface area contributed by atoms with Gasteiger partial charge in [-0.15, -0.1) is 11.3 Å². The molecule has 2 aromatic heterocycles. The van der Waals surface area contributed by atoms with E-state index in [1.165, 1.54) is 11.3 Å². The van der Waals surface area contributed by atoms with Gasteiger partial charge >= 0.3 is 11.8 Å². The van der Waals surface area contributed by atoms with E-state index in [-0.39, 0.29) is 11.8 Å². The number of amides is 1. The van der Waals surface area contributed by atoms with Gasteiger partial charge in [0.25, 0.3) is 0 Å². The zero-order chi connectivity index (χ0) is 18.0. The summed E-state index contributed by atoms with van der Waals surface area (Å²) in [5.41, 5.74) is -0.677. The van der Waals surface area contributed by atoms with Crippen LogP contribution in [0.4, 0.5) is 4.79 Å². The second-order valence-electron chi connectivity index (χ2n) is 7.35. The normalized spacial score (nSPS) is 16.2. The van der Waals surface area contributed by atoms with E-state index in [1.54, 1.807) is 9.47 Å². The lowest BCUT2D eigenvalue weighted by Crippen LogP contribution is -2.42. The topological polar surface area (TPSA) is 80.2 Å². The third-order valence-electron chi connectivity index (χ3n) is 4.21. The van der Waals surface area contributed by atoms with E-state index in [1.807, 2.05) is 38.3 Å². The fraction of sp³-hybridized carbons (Fsp3) is 0.588. The second-order valence-corrected chi connectivity index (χ2v) is 8.27. The molecule has 136 valence electrons. The molecule has 1 aliphatic heterocycles. The van der Waals surface area contributed by atoms with Crippen LogP contribution in [0, 0.1) is 5.92 Å². The van der Waals surface area contributed by atoms with E-state index in [0.29, 0.717) is 19.0 Å². The zero-order valence-corrected chi connectivity index (χ0v) is 15.6. The lowest BCUT2D eigenvalue weighted by molar-refractivity contribution is 0.0183. The predicted molar refractivity (Wildman–Crippen MR) is 96.3 cm³/mol. The van der Waals surface area contributed by atoms with E-state index >= 15 is 0 Å². The van der Waals surface area contributed by atoms with Crippen molar-refractivity contribution in [3.63, 3.8) is 0 Å². The van der Waals surface area contributed by atoms with Crippen LogP contribution in [0.5, 0.6) is 0 Å². The minimum absolute atomic E-state index is 0.205. The summed E-state index contributed by atoms with van der Waals surface area (Å²) in [5.74, 6) is 1.15. The van der Waals surface area contributed by atoms with E-state index in [0.717, 1.165) is 30.1 Å². The first kappa shape index (κ1) is 17.7. The number of carbonyl (C=O) groups excluding carboxylic acids is 1. The van der Waals surface area contributed by atoms with Crippen LogP contribution in [-0.4, -0.2) is 44.4 Å². The first-order valence-corrected chi connectivity index (χ1v) is 9.39. The molecule has 0 unspecified atom stereocenters. The average molecular weight is 364 g/mol. The minimum atomic E-state index is -0.472. The SMILES string of the molecule is CC(C)(C)OC(=O)N1CCC(Cc2n[nH]c(=O)n2-c2cccs2)CC1. The van der Waals surface area contributed by atoms with Crippen molar-refractivity contribution >= 4 is 17.4 Å². The van der Waals surface area contributed by atoms with Gasteiger partial charge in [0.2, 0.25) is 0 Å². The first-order chi connectivity index (χ1) is 11.8. The number of ether oxygens (including phenoxy) is 1. The lowest BCUT2D eigenvalue weighted by Gasteiger charge is -2.33. The van der Waals surface area contributed by atoms with Crippen LogP contribution in [0.1, 0.15) is 39.4 Å². The van der Waals surface area contributed by atoms with Gasteiger partial charge in [0.15, 0.2) is 0 Å². The van der Waals surface area contributed by atoms with Gasteiger partial charge in [-0.05, 0) is 57.0 Å². The zero-order valence-electron chi connectivity index (χ0n) is 14.8. The molecule has 0 aliphatic carbocycles. The molecule has 25 heavy (non-hydrogen) atoms. The third-order valence-corrected chi connectivity index (χ3v) is 5.06. The number of hydrogen-bond donors (Lipinski definition) is 1. The summed E-state index contributed by atoms with van der Waals surface area (Å²) >= 11 is 1.51. The molecule has 1 saturated heterocycles. The quantitative estimate of drug-likeness (QED) is 0.908. The molecule has 8 heteroatoms. The number of likely N-dealkylation sites (tertiary alicyclic amines) is 1. The summed E-state index contributed by atoms with van der Waals surface area (Å²) < 4.78 is 7.07. The molecule has 0 aromatic carbocycles. The molecule has 3 heterocycles. The van der Waals surface area contributed by atoms with Gasteiger partial charge in [-0.2, -0.15) is 5.10 Å². The number of aromatic amines is 1. The third kappa shape index (κ3) is 4.31. The molecule has 0 bridgehead atoms. The Labute approximate surface area is 150 Å². The molecule has 1 amide bonds. The number of nitrogens with zero attached hydrogens (tertiary/aromatic N) is 3. The molecule has 0 spiro atoms. The molecule has 1 N–H and O–H groups in total. The number of aromatic nitrogens is 3. The molecule has 2 aromatic rings. The van der Waals surface area contributed by atoms with Crippen LogP contribution in [0.25, 0.3) is 5.00 Å². The Morgan fingerprint density at radius 1 is 1.40 bits per heavy atom. The van der Waals surface area contributed by atoms with Crippen molar-refractivity contribution in [3.8, 4) is 5.00 Å². The van der Waals surface area contributed by atoms with Gasteiger partial charge in [0.1, 0.15) is 16.4 Å². The highest BCUT2D eigenvalue weighted by Crippen LogP contribution is 2.23. The summed E-state index contributed by atoms with van der Waals surface area (Å²) in [5, 5.41) is 9.56. The number of H-pyrrole nitrogens is 1.